The van der Waals surface area contributed by atoms with Crippen molar-refractivity contribution in [2.24, 2.45) is 0 Å². The van der Waals surface area contributed by atoms with Crippen LogP contribution < -0.4 is 4.74 Å². The molecular weight excluding hydrogens is 364 g/mol. The molecule has 0 unspecified atom stereocenters. The number of nitrogens with zero attached hydrogens (tertiary/aromatic N) is 4. The molecular formula is C23H18N4O2. The molecule has 2 heterocycles. The highest BCUT2D eigenvalue weighted by Gasteiger charge is 2.20. The summed E-state index contributed by atoms with van der Waals surface area (Å²) >= 11 is 0. The Balaban J connectivity index is 2.06. The number of aldehydes is 1. The lowest BCUT2D eigenvalue weighted by Gasteiger charge is -2.14. The first-order valence-electron chi connectivity index (χ1n) is 9.11. The van der Waals surface area contributed by atoms with Gasteiger partial charge in [0.1, 0.15) is 6.29 Å². The predicted octanol–water partition coefficient (Wildman–Crippen LogP) is 3.99. The second kappa shape index (κ2) is 7.56. The fourth-order valence-electron chi connectivity index (χ4n) is 3.28. The van der Waals surface area contributed by atoms with Crippen molar-refractivity contribution in [2.45, 2.75) is 13.3 Å². The zero-order valence-electron chi connectivity index (χ0n) is 16.1. The average molecular weight is 382 g/mol. The molecule has 0 aliphatic carbocycles. The van der Waals surface area contributed by atoms with Gasteiger partial charge >= 0.3 is 0 Å². The van der Waals surface area contributed by atoms with Crippen LogP contribution in [-0.2, 0) is 11.2 Å². The lowest BCUT2D eigenvalue weighted by Crippen LogP contribution is -2.02. The molecule has 6 nitrogen and oxygen atoms in total. The van der Waals surface area contributed by atoms with E-state index in [0.29, 0.717) is 28.5 Å². The van der Waals surface area contributed by atoms with Gasteiger partial charge in [0.2, 0.25) is 5.65 Å². The van der Waals surface area contributed by atoms with E-state index >= 15 is 0 Å². The highest BCUT2D eigenvalue weighted by atomic mass is 16.5. The molecule has 4 aromatic rings. The second-order valence-electron chi connectivity index (χ2n) is 6.67. The van der Waals surface area contributed by atoms with Gasteiger partial charge in [-0.3, -0.25) is 4.40 Å². The Kier molecular flexibility index (Phi) is 4.80. The summed E-state index contributed by atoms with van der Waals surface area (Å²) in [5.41, 5.74) is 6.29. The molecule has 29 heavy (non-hydrogen) atoms. The Morgan fingerprint density at radius 2 is 1.76 bits per heavy atom. The molecule has 0 spiro atoms. The Hall–Kier alpha value is -3.98. The molecule has 0 saturated carbocycles. The molecule has 0 atom stereocenters. The van der Waals surface area contributed by atoms with Gasteiger partial charge in [0, 0.05) is 23.7 Å². The molecule has 0 fully saturated rings. The molecule has 142 valence electrons. The first-order valence-corrected chi connectivity index (χ1v) is 9.11. The number of hydrogen-bond acceptors (Lipinski definition) is 5. The van der Waals surface area contributed by atoms with Crippen LogP contribution >= 0.6 is 0 Å². The number of benzene rings is 2. The van der Waals surface area contributed by atoms with E-state index in [4.69, 9.17) is 15.0 Å². The fraction of sp³-hybridized carbons (Fsp3) is 0.130. The Morgan fingerprint density at radius 3 is 2.38 bits per heavy atom. The van der Waals surface area contributed by atoms with Crippen molar-refractivity contribution in [3.05, 3.63) is 71.5 Å². The summed E-state index contributed by atoms with van der Waals surface area (Å²) in [7, 11) is 1.55. The number of nitriles is 1. The minimum Gasteiger partial charge on any atom is -0.478 e. The Morgan fingerprint density at radius 1 is 1.07 bits per heavy atom. The standard InChI is InChI=1S/C23H18N4O2/c1-15-3-7-18(8-4-15)21-20(17-9-5-16(13-24)6-10-17)26-23(29-2)22-25-19(11-12-28)14-27(21)22/h3-10,12,14H,11H2,1-2H3. The number of ether oxygens (including phenoxy) is 1. The summed E-state index contributed by atoms with van der Waals surface area (Å²) in [6.07, 6.45) is 2.88. The number of aromatic nitrogens is 3. The lowest BCUT2D eigenvalue weighted by molar-refractivity contribution is -0.107. The third kappa shape index (κ3) is 3.34. The van der Waals surface area contributed by atoms with E-state index in [1.54, 1.807) is 19.2 Å². The molecule has 0 aliphatic rings. The van der Waals surface area contributed by atoms with Crippen molar-refractivity contribution < 1.29 is 9.53 Å². The minimum absolute atomic E-state index is 0.213. The maximum Gasteiger partial charge on any atom is 0.258 e. The van der Waals surface area contributed by atoms with Crippen molar-refractivity contribution in [1.82, 2.24) is 14.4 Å². The molecule has 0 saturated heterocycles. The number of fused-ring (bicyclic) bond motifs is 1. The van der Waals surface area contributed by atoms with Gasteiger partial charge in [0.25, 0.3) is 5.88 Å². The molecule has 0 bridgehead atoms. The van der Waals surface area contributed by atoms with Gasteiger partial charge < -0.3 is 9.53 Å². The molecule has 6 heteroatoms. The van der Waals surface area contributed by atoms with Crippen LogP contribution in [0.25, 0.3) is 28.2 Å². The maximum atomic E-state index is 11.0. The van der Waals surface area contributed by atoms with Crippen LogP contribution in [0.1, 0.15) is 16.8 Å². The topological polar surface area (TPSA) is 80.3 Å². The molecule has 4 rings (SSSR count). The van der Waals surface area contributed by atoms with Gasteiger partial charge in [-0.15, -0.1) is 0 Å². The zero-order valence-corrected chi connectivity index (χ0v) is 16.1. The monoisotopic (exact) mass is 382 g/mol. The van der Waals surface area contributed by atoms with Gasteiger partial charge in [-0.2, -0.15) is 5.26 Å². The van der Waals surface area contributed by atoms with Crippen molar-refractivity contribution in [1.29, 1.82) is 5.26 Å². The van der Waals surface area contributed by atoms with Gasteiger partial charge in [-0.1, -0.05) is 42.0 Å². The van der Waals surface area contributed by atoms with Gasteiger partial charge in [0.15, 0.2) is 0 Å². The van der Waals surface area contributed by atoms with E-state index in [9.17, 15) is 4.79 Å². The molecule has 2 aromatic heterocycles. The molecule has 0 aliphatic heterocycles. The largest absolute Gasteiger partial charge is 0.478 e. The maximum absolute atomic E-state index is 11.0. The summed E-state index contributed by atoms with van der Waals surface area (Å²) in [5.74, 6) is 0.373. The molecule has 0 radical (unpaired) electrons. The summed E-state index contributed by atoms with van der Waals surface area (Å²) in [5, 5.41) is 9.11. The van der Waals surface area contributed by atoms with E-state index in [1.165, 1.54) is 0 Å². The van der Waals surface area contributed by atoms with Crippen LogP contribution in [0.4, 0.5) is 0 Å². The lowest BCUT2D eigenvalue weighted by atomic mass is 10.0. The minimum atomic E-state index is 0.213. The SMILES string of the molecule is COc1nc(-c2ccc(C#N)cc2)c(-c2ccc(C)cc2)n2cc(CC=O)nc12. The quantitative estimate of drug-likeness (QED) is 0.488. The van der Waals surface area contributed by atoms with E-state index in [0.717, 1.165) is 28.7 Å². The van der Waals surface area contributed by atoms with Gasteiger partial charge in [-0.05, 0) is 19.1 Å². The van der Waals surface area contributed by atoms with Crippen molar-refractivity contribution >= 4 is 11.9 Å². The summed E-state index contributed by atoms with van der Waals surface area (Å²) in [6, 6.07) is 17.5. The number of carbonyl (C=O) groups is 1. The van der Waals surface area contributed by atoms with Crippen LogP contribution in [0.15, 0.2) is 54.7 Å². The number of carbonyl (C=O) groups excluding carboxylic acids is 1. The normalized spacial score (nSPS) is 10.7. The van der Waals surface area contributed by atoms with Crippen LogP contribution in [0.5, 0.6) is 5.88 Å². The van der Waals surface area contributed by atoms with Gasteiger partial charge in [0.05, 0.1) is 35.8 Å². The summed E-state index contributed by atoms with van der Waals surface area (Å²) in [4.78, 5) is 20.3. The average Bonchev–Trinajstić information content (AvgIpc) is 3.17. The highest BCUT2D eigenvalue weighted by molar-refractivity contribution is 5.82. The first kappa shape index (κ1) is 18.4. The van der Waals surface area contributed by atoms with Crippen molar-refractivity contribution in [3.63, 3.8) is 0 Å². The van der Waals surface area contributed by atoms with Crippen LogP contribution in [0.3, 0.4) is 0 Å². The molecule has 0 amide bonds. The smallest absolute Gasteiger partial charge is 0.258 e. The van der Waals surface area contributed by atoms with Crippen LogP contribution in [-0.4, -0.2) is 27.8 Å². The van der Waals surface area contributed by atoms with E-state index in [2.05, 4.69) is 11.1 Å². The van der Waals surface area contributed by atoms with E-state index < -0.39 is 0 Å². The third-order valence-corrected chi connectivity index (χ3v) is 4.72. The fourth-order valence-corrected chi connectivity index (χ4v) is 3.28. The first-order chi connectivity index (χ1) is 14.1. The second-order valence-corrected chi connectivity index (χ2v) is 6.67. The predicted molar refractivity (Wildman–Crippen MR) is 110 cm³/mol. The number of methoxy groups -OCH3 is 1. The molecule has 2 aromatic carbocycles. The Labute approximate surface area is 168 Å². The number of rotatable bonds is 5. The number of aryl methyl sites for hydroxylation is 1. The molecule has 0 N–H and O–H groups in total. The summed E-state index contributed by atoms with van der Waals surface area (Å²) in [6.45, 7) is 2.03. The van der Waals surface area contributed by atoms with Crippen molar-refractivity contribution in [2.75, 3.05) is 7.11 Å². The number of hydrogen-bond donors (Lipinski definition) is 0. The Bertz CT molecular complexity index is 1230. The van der Waals surface area contributed by atoms with Crippen LogP contribution in [0, 0.1) is 18.3 Å². The third-order valence-electron chi connectivity index (χ3n) is 4.72. The zero-order chi connectivity index (χ0) is 20.4. The van der Waals surface area contributed by atoms with Crippen LogP contribution in [0.2, 0.25) is 0 Å². The van der Waals surface area contributed by atoms with Gasteiger partial charge in [-0.25, -0.2) is 9.97 Å². The highest BCUT2D eigenvalue weighted by Crippen LogP contribution is 2.35. The van der Waals surface area contributed by atoms with E-state index in [-0.39, 0.29) is 6.42 Å². The van der Waals surface area contributed by atoms with Crippen molar-refractivity contribution in [3.8, 4) is 34.5 Å². The summed E-state index contributed by atoms with van der Waals surface area (Å²) < 4.78 is 7.42. The number of imidazole rings is 1. The van der Waals surface area contributed by atoms with E-state index in [1.807, 2.05) is 53.9 Å².